The molecule has 1 aliphatic heterocycles. The van der Waals surface area contributed by atoms with Crippen molar-refractivity contribution >= 4 is 0 Å². The van der Waals surface area contributed by atoms with E-state index >= 15 is 0 Å². The fourth-order valence-electron chi connectivity index (χ4n) is 3.17. The molecule has 2 nitrogen and oxygen atoms in total. The number of benzene rings is 1. The molecule has 1 N–H and O–H groups in total. The van der Waals surface area contributed by atoms with E-state index in [4.69, 9.17) is 0 Å². The first kappa shape index (κ1) is 15.5. The van der Waals surface area contributed by atoms with Gasteiger partial charge in [-0.3, -0.25) is 0 Å². The van der Waals surface area contributed by atoms with Crippen molar-refractivity contribution in [3.05, 3.63) is 34.9 Å². The second kappa shape index (κ2) is 6.28. The van der Waals surface area contributed by atoms with Gasteiger partial charge in [-0.1, -0.05) is 44.0 Å². The van der Waals surface area contributed by atoms with Crippen molar-refractivity contribution in [2.24, 2.45) is 5.41 Å². The summed E-state index contributed by atoms with van der Waals surface area (Å²) in [6, 6.07) is 6.33. The van der Waals surface area contributed by atoms with Gasteiger partial charge >= 0.3 is 0 Å². The summed E-state index contributed by atoms with van der Waals surface area (Å²) in [6.45, 7) is 11.9. The topological polar surface area (TPSA) is 23.5 Å². The normalized spacial score (nSPS) is 20.9. The Morgan fingerprint density at radius 3 is 2.45 bits per heavy atom. The molecule has 1 saturated heterocycles. The van der Waals surface area contributed by atoms with Crippen LogP contribution in [0.3, 0.4) is 0 Å². The highest BCUT2D eigenvalue weighted by atomic mass is 16.3. The summed E-state index contributed by atoms with van der Waals surface area (Å²) in [5.74, 6) is 0. The Morgan fingerprint density at radius 1 is 1.25 bits per heavy atom. The number of aliphatic hydroxyl groups excluding tert-OH is 1. The fraction of sp³-hybridized carbons (Fsp3) is 0.667. The Bertz CT molecular complexity index is 447. The van der Waals surface area contributed by atoms with E-state index in [1.165, 1.54) is 30.4 Å². The van der Waals surface area contributed by atoms with Crippen molar-refractivity contribution in [1.82, 2.24) is 4.90 Å². The molecule has 1 atom stereocenters. The van der Waals surface area contributed by atoms with Gasteiger partial charge in [-0.25, -0.2) is 0 Å². The summed E-state index contributed by atoms with van der Waals surface area (Å²) >= 11 is 0. The Balaban J connectivity index is 1.94. The zero-order valence-corrected chi connectivity index (χ0v) is 13.4. The summed E-state index contributed by atoms with van der Waals surface area (Å²) in [7, 11) is 0. The van der Waals surface area contributed by atoms with Gasteiger partial charge in [-0.05, 0) is 56.3 Å². The molecule has 1 aromatic rings. The van der Waals surface area contributed by atoms with Crippen LogP contribution in [0.25, 0.3) is 0 Å². The number of aliphatic hydroxyl groups is 1. The third-order valence-corrected chi connectivity index (χ3v) is 5.13. The molecule has 0 amide bonds. The van der Waals surface area contributed by atoms with Crippen molar-refractivity contribution in [2.45, 2.75) is 53.1 Å². The van der Waals surface area contributed by atoms with Crippen molar-refractivity contribution < 1.29 is 5.11 Å². The quantitative estimate of drug-likeness (QED) is 0.902. The number of piperidine rings is 1. The molecule has 0 spiro atoms. The minimum atomic E-state index is -0.360. The lowest BCUT2D eigenvalue weighted by molar-refractivity contribution is 0.0624. The number of β-amino-alcohol motifs (C(OH)–C–C–N with tert-alkyl or cyclic N) is 1. The Morgan fingerprint density at radius 2 is 1.90 bits per heavy atom. The average Bonchev–Trinajstić information content (AvgIpc) is 2.41. The van der Waals surface area contributed by atoms with Crippen molar-refractivity contribution in [1.29, 1.82) is 0 Å². The number of hydrogen-bond donors (Lipinski definition) is 1. The van der Waals surface area contributed by atoms with E-state index in [2.05, 4.69) is 50.8 Å². The third-order valence-electron chi connectivity index (χ3n) is 5.13. The molecule has 1 heterocycles. The highest BCUT2D eigenvalue weighted by Crippen LogP contribution is 2.34. The van der Waals surface area contributed by atoms with E-state index in [0.29, 0.717) is 5.41 Å². The van der Waals surface area contributed by atoms with Crippen LogP contribution in [0.5, 0.6) is 0 Å². The fourth-order valence-corrected chi connectivity index (χ4v) is 3.17. The van der Waals surface area contributed by atoms with Gasteiger partial charge in [-0.2, -0.15) is 0 Å². The second-order valence-electron chi connectivity index (χ2n) is 6.84. The highest BCUT2D eigenvalue weighted by molar-refractivity contribution is 5.32. The summed E-state index contributed by atoms with van der Waals surface area (Å²) in [5, 5.41) is 10.5. The van der Waals surface area contributed by atoms with Crippen molar-refractivity contribution in [3.63, 3.8) is 0 Å². The van der Waals surface area contributed by atoms with Crippen LogP contribution in [0.15, 0.2) is 18.2 Å². The molecule has 1 unspecified atom stereocenters. The monoisotopic (exact) mass is 275 g/mol. The van der Waals surface area contributed by atoms with E-state index in [1.807, 2.05) is 0 Å². The maximum absolute atomic E-state index is 10.5. The molecular weight excluding hydrogens is 246 g/mol. The lowest BCUT2D eigenvalue weighted by Crippen LogP contribution is -2.40. The molecule has 0 saturated carbocycles. The summed E-state index contributed by atoms with van der Waals surface area (Å²) in [6.07, 6.45) is 3.41. The Kier molecular flexibility index (Phi) is 4.87. The van der Waals surface area contributed by atoms with E-state index < -0.39 is 0 Å². The Labute approximate surface area is 123 Å². The largest absolute Gasteiger partial charge is 0.387 e. The van der Waals surface area contributed by atoms with Crippen LogP contribution >= 0.6 is 0 Å². The van der Waals surface area contributed by atoms with Gasteiger partial charge in [0.15, 0.2) is 0 Å². The number of nitrogens with zero attached hydrogens (tertiary/aromatic N) is 1. The van der Waals surface area contributed by atoms with E-state index in [-0.39, 0.29) is 6.10 Å². The van der Waals surface area contributed by atoms with Gasteiger partial charge in [0.1, 0.15) is 0 Å². The molecule has 0 bridgehead atoms. The molecule has 1 fully saturated rings. The zero-order chi connectivity index (χ0) is 14.8. The van der Waals surface area contributed by atoms with Crippen LogP contribution in [0.4, 0.5) is 0 Å². The number of aryl methyl sites for hydroxylation is 2. The summed E-state index contributed by atoms with van der Waals surface area (Å²) in [4.78, 5) is 2.42. The number of likely N-dealkylation sites (tertiary alicyclic amines) is 1. The molecule has 20 heavy (non-hydrogen) atoms. The molecule has 1 aromatic carbocycles. The average molecular weight is 275 g/mol. The minimum Gasteiger partial charge on any atom is -0.387 e. The number of rotatable bonds is 4. The predicted molar refractivity (Wildman–Crippen MR) is 84.9 cm³/mol. The first-order valence-corrected chi connectivity index (χ1v) is 7.91. The van der Waals surface area contributed by atoms with Crippen LogP contribution < -0.4 is 0 Å². The molecule has 2 rings (SSSR count). The SMILES string of the molecule is CCC1(C)CCN(CC(O)c2ccc(C)cc2C)CC1. The highest BCUT2D eigenvalue weighted by Gasteiger charge is 2.29. The van der Waals surface area contributed by atoms with Gasteiger partial charge in [-0.15, -0.1) is 0 Å². The second-order valence-corrected chi connectivity index (χ2v) is 6.84. The Hall–Kier alpha value is -0.860. The third kappa shape index (κ3) is 3.62. The van der Waals surface area contributed by atoms with Crippen molar-refractivity contribution in [2.75, 3.05) is 19.6 Å². The van der Waals surface area contributed by atoms with Gasteiger partial charge in [0.25, 0.3) is 0 Å². The molecule has 112 valence electrons. The van der Waals surface area contributed by atoms with Crippen LogP contribution in [-0.4, -0.2) is 29.6 Å². The molecular formula is C18H29NO. The first-order chi connectivity index (χ1) is 9.43. The van der Waals surface area contributed by atoms with E-state index in [9.17, 15) is 5.11 Å². The molecule has 0 aliphatic carbocycles. The van der Waals surface area contributed by atoms with Crippen molar-refractivity contribution in [3.8, 4) is 0 Å². The van der Waals surface area contributed by atoms with Crippen LogP contribution in [0.1, 0.15) is 55.9 Å². The summed E-state index contributed by atoms with van der Waals surface area (Å²) < 4.78 is 0. The van der Waals surface area contributed by atoms with Crippen LogP contribution in [0.2, 0.25) is 0 Å². The van der Waals surface area contributed by atoms with E-state index in [1.54, 1.807) is 0 Å². The molecule has 0 radical (unpaired) electrons. The lowest BCUT2D eigenvalue weighted by Gasteiger charge is -2.39. The van der Waals surface area contributed by atoms with E-state index in [0.717, 1.165) is 25.2 Å². The molecule has 1 aliphatic rings. The lowest BCUT2D eigenvalue weighted by atomic mass is 9.78. The number of hydrogen-bond acceptors (Lipinski definition) is 2. The molecule has 0 aromatic heterocycles. The van der Waals surface area contributed by atoms with Gasteiger partial charge in [0.2, 0.25) is 0 Å². The van der Waals surface area contributed by atoms with Crippen LogP contribution in [-0.2, 0) is 0 Å². The zero-order valence-electron chi connectivity index (χ0n) is 13.4. The smallest absolute Gasteiger partial charge is 0.0919 e. The minimum absolute atomic E-state index is 0.360. The van der Waals surface area contributed by atoms with Gasteiger partial charge in [0, 0.05) is 6.54 Å². The van der Waals surface area contributed by atoms with Gasteiger partial charge in [0.05, 0.1) is 6.10 Å². The predicted octanol–water partition coefficient (Wildman–Crippen LogP) is 3.85. The first-order valence-electron chi connectivity index (χ1n) is 7.91. The standard InChI is InChI=1S/C18H29NO/c1-5-18(4)8-10-19(11-9-18)13-17(20)16-7-6-14(2)12-15(16)3/h6-7,12,17,20H,5,8-11,13H2,1-4H3. The maximum Gasteiger partial charge on any atom is 0.0919 e. The van der Waals surface area contributed by atoms with Crippen LogP contribution in [0, 0.1) is 19.3 Å². The molecule has 2 heteroatoms. The van der Waals surface area contributed by atoms with Gasteiger partial charge < -0.3 is 10.0 Å². The maximum atomic E-state index is 10.5. The summed E-state index contributed by atoms with van der Waals surface area (Å²) in [5.41, 5.74) is 4.06.